The molecular formula is C45H47ClN4O8S. The van der Waals surface area contributed by atoms with Crippen LogP contribution in [0.4, 0.5) is 0 Å². The quantitative estimate of drug-likeness (QED) is 0.0612. The molecule has 0 saturated carbocycles. The Morgan fingerprint density at radius 3 is 2.41 bits per heavy atom. The molecular weight excluding hydrogens is 792 g/mol. The van der Waals surface area contributed by atoms with Gasteiger partial charge in [0.1, 0.15) is 29.4 Å². The van der Waals surface area contributed by atoms with Crippen molar-refractivity contribution >= 4 is 38.9 Å². The maximum Gasteiger partial charge on any atom is 0.385 e. The summed E-state index contributed by atoms with van der Waals surface area (Å²) in [6, 6.07) is 32.5. The second-order valence-electron chi connectivity index (χ2n) is 14.3. The number of hydrogen-bond donors (Lipinski definition) is 0. The van der Waals surface area contributed by atoms with Crippen molar-refractivity contribution in [1.29, 1.82) is 0 Å². The molecule has 0 fully saturated rings. The highest BCUT2D eigenvalue weighted by Gasteiger charge is 2.34. The highest BCUT2D eigenvalue weighted by molar-refractivity contribution is 7.84. The largest absolute Gasteiger partial charge is 0.495 e. The minimum Gasteiger partial charge on any atom is -0.495 e. The maximum atomic E-state index is 13.5. The van der Waals surface area contributed by atoms with Crippen molar-refractivity contribution in [2.75, 3.05) is 20.3 Å². The van der Waals surface area contributed by atoms with E-state index in [1.807, 2.05) is 90.5 Å². The van der Waals surface area contributed by atoms with E-state index in [4.69, 9.17) is 34.7 Å². The molecule has 12 nitrogen and oxygen atoms in total. The lowest BCUT2D eigenvalue weighted by atomic mass is 9.84. The number of benzene rings is 5. The van der Waals surface area contributed by atoms with Gasteiger partial charge in [-0.05, 0) is 84.8 Å². The summed E-state index contributed by atoms with van der Waals surface area (Å²) in [6.07, 6.45) is 1.73. The summed E-state index contributed by atoms with van der Waals surface area (Å²) in [6.45, 7) is 6.09. The zero-order valence-electron chi connectivity index (χ0n) is 33.3. The zero-order valence-corrected chi connectivity index (χ0v) is 34.9. The number of carbonyl (C=O) groups excluding carboxylic acids is 1. The van der Waals surface area contributed by atoms with E-state index in [9.17, 15) is 13.2 Å². The first-order chi connectivity index (χ1) is 28.6. The van der Waals surface area contributed by atoms with E-state index < -0.39 is 22.2 Å². The van der Waals surface area contributed by atoms with E-state index in [1.54, 1.807) is 31.2 Å². The molecule has 0 amide bonds. The standard InChI is InChI=1S/C45H47ClN4O8S/c1-4-56-43(51)26-39(38-18-19-41-44(31(38)2)47-48-50(41)21-11-12-22-55-29-32-13-7-5-8-14-32)34-23-36(45(54-3)40(46)25-34)28-49-27-35-24-37(17-20-42(35)58-59(49,52)53)57-30-33-15-9-6-10-16-33/h5-10,13-20,23-25,39H,4,11-12,21-22,26-30H2,1-3H3. The fourth-order valence-electron chi connectivity index (χ4n) is 7.32. The summed E-state index contributed by atoms with van der Waals surface area (Å²) in [4.78, 5) is 13.2. The van der Waals surface area contributed by atoms with Crippen LogP contribution in [0.2, 0.25) is 5.02 Å². The van der Waals surface area contributed by atoms with Gasteiger partial charge in [-0.2, -0.15) is 12.7 Å². The molecule has 0 radical (unpaired) electrons. The molecule has 0 saturated heterocycles. The van der Waals surface area contributed by atoms with E-state index in [2.05, 4.69) is 10.3 Å². The van der Waals surface area contributed by atoms with Crippen LogP contribution >= 0.6 is 11.6 Å². The molecule has 0 bridgehead atoms. The number of fused-ring (bicyclic) bond motifs is 2. The number of methoxy groups -OCH3 is 1. The van der Waals surface area contributed by atoms with Crippen molar-refractivity contribution in [2.24, 2.45) is 0 Å². The predicted octanol–water partition coefficient (Wildman–Crippen LogP) is 8.70. The number of aryl methyl sites for hydroxylation is 2. The van der Waals surface area contributed by atoms with Crippen molar-refractivity contribution in [1.82, 2.24) is 19.3 Å². The molecule has 0 N–H and O–H groups in total. The van der Waals surface area contributed by atoms with Crippen LogP contribution in [0, 0.1) is 6.92 Å². The molecule has 1 aliphatic heterocycles. The van der Waals surface area contributed by atoms with Crippen molar-refractivity contribution in [3.8, 4) is 17.2 Å². The van der Waals surface area contributed by atoms with Gasteiger partial charge in [0, 0.05) is 43.3 Å². The van der Waals surface area contributed by atoms with Gasteiger partial charge in [0.15, 0.2) is 0 Å². The fraction of sp³-hybridized carbons (Fsp3) is 0.311. The molecule has 1 atom stereocenters. The number of esters is 1. The van der Waals surface area contributed by atoms with Gasteiger partial charge in [-0.3, -0.25) is 4.79 Å². The molecule has 59 heavy (non-hydrogen) atoms. The lowest BCUT2D eigenvalue weighted by Gasteiger charge is -2.29. The van der Waals surface area contributed by atoms with Crippen molar-refractivity contribution in [3.05, 3.63) is 147 Å². The van der Waals surface area contributed by atoms with Crippen LogP contribution in [0.3, 0.4) is 0 Å². The Balaban J connectivity index is 1.12. The predicted molar refractivity (Wildman–Crippen MR) is 225 cm³/mol. The van der Waals surface area contributed by atoms with Crippen LogP contribution < -0.4 is 13.7 Å². The Morgan fingerprint density at radius 1 is 0.932 bits per heavy atom. The first-order valence-electron chi connectivity index (χ1n) is 19.6. The molecule has 6 aromatic rings. The second-order valence-corrected chi connectivity index (χ2v) is 16.3. The molecule has 2 heterocycles. The Labute approximate surface area is 349 Å². The Morgan fingerprint density at radius 2 is 1.68 bits per heavy atom. The Hall–Kier alpha value is -5.47. The van der Waals surface area contributed by atoms with E-state index in [0.717, 1.165) is 46.1 Å². The van der Waals surface area contributed by atoms with Crippen LogP contribution in [0.1, 0.15) is 71.0 Å². The third-order valence-electron chi connectivity index (χ3n) is 10.3. The SMILES string of the molecule is CCOC(=O)CC(c1cc(Cl)c(OC)c(CN2Cc3cc(OCc4ccccc4)ccc3OS2(=O)=O)c1)c1ccc2c(nnn2CCCCOCc2ccccc2)c1C. The molecule has 7 rings (SSSR count). The summed E-state index contributed by atoms with van der Waals surface area (Å²) in [5, 5.41) is 9.29. The topological polar surface area (TPSA) is 131 Å². The molecule has 14 heteroatoms. The number of unbranched alkanes of at least 4 members (excludes halogenated alkanes) is 1. The number of ether oxygens (including phenoxy) is 4. The van der Waals surface area contributed by atoms with E-state index >= 15 is 0 Å². The molecule has 1 aromatic heterocycles. The molecule has 308 valence electrons. The van der Waals surface area contributed by atoms with Crippen molar-refractivity contribution in [3.63, 3.8) is 0 Å². The van der Waals surface area contributed by atoms with E-state index in [0.29, 0.717) is 54.6 Å². The average molecular weight is 839 g/mol. The highest BCUT2D eigenvalue weighted by Crippen LogP contribution is 2.41. The van der Waals surface area contributed by atoms with Crippen molar-refractivity contribution < 1.29 is 36.3 Å². The fourth-order valence-corrected chi connectivity index (χ4v) is 8.74. The van der Waals surface area contributed by atoms with E-state index in [1.165, 1.54) is 11.4 Å². The Kier molecular flexibility index (Phi) is 13.5. The summed E-state index contributed by atoms with van der Waals surface area (Å²) >= 11 is 6.90. The maximum absolute atomic E-state index is 13.5. The van der Waals surface area contributed by atoms with Crippen LogP contribution in [0.15, 0.2) is 103 Å². The lowest BCUT2D eigenvalue weighted by Crippen LogP contribution is -2.37. The third-order valence-corrected chi connectivity index (χ3v) is 11.8. The lowest BCUT2D eigenvalue weighted by molar-refractivity contribution is -0.143. The van der Waals surface area contributed by atoms with Gasteiger partial charge in [-0.15, -0.1) is 5.10 Å². The summed E-state index contributed by atoms with van der Waals surface area (Å²) in [5.41, 5.74) is 7.25. The van der Waals surface area contributed by atoms with Crippen molar-refractivity contribution in [2.45, 2.75) is 71.9 Å². The minimum absolute atomic E-state index is 0.00363. The molecule has 1 unspecified atom stereocenters. The first kappa shape index (κ1) is 41.7. The number of aromatic nitrogens is 3. The average Bonchev–Trinajstić information content (AvgIpc) is 3.65. The van der Waals surface area contributed by atoms with E-state index in [-0.39, 0.29) is 36.9 Å². The smallest absolute Gasteiger partial charge is 0.385 e. The third kappa shape index (κ3) is 10.0. The Bertz CT molecular complexity index is 2500. The van der Waals surface area contributed by atoms with Gasteiger partial charge in [-0.25, -0.2) is 4.68 Å². The van der Waals surface area contributed by atoms with Crippen LogP contribution in [0.5, 0.6) is 17.2 Å². The molecule has 0 spiro atoms. The molecule has 5 aromatic carbocycles. The number of hydrogen-bond acceptors (Lipinski definition) is 10. The molecule has 1 aliphatic rings. The van der Waals surface area contributed by atoms with Gasteiger partial charge in [-0.1, -0.05) is 89.6 Å². The van der Waals surface area contributed by atoms with Gasteiger partial charge < -0.3 is 23.1 Å². The normalized spacial score (nSPS) is 14.0. The number of carbonyl (C=O) groups is 1. The van der Waals surface area contributed by atoms with Crippen LogP contribution in [0.25, 0.3) is 11.0 Å². The summed E-state index contributed by atoms with van der Waals surface area (Å²) < 4.78 is 58.8. The van der Waals surface area contributed by atoms with Gasteiger partial charge in [0.25, 0.3) is 0 Å². The van der Waals surface area contributed by atoms with Crippen LogP contribution in [-0.2, 0) is 57.4 Å². The number of nitrogens with zero attached hydrogens (tertiary/aromatic N) is 4. The van der Waals surface area contributed by atoms with Crippen LogP contribution in [-0.4, -0.2) is 54.0 Å². The van der Waals surface area contributed by atoms with Gasteiger partial charge in [0.2, 0.25) is 0 Å². The molecule has 0 aliphatic carbocycles. The van der Waals surface area contributed by atoms with Gasteiger partial charge in [0.05, 0.1) is 37.3 Å². The first-order valence-corrected chi connectivity index (χ1v) is 21.3. The zero-order chi connectivity index (χ0) is 41.4. The highest BCUT2D eigenvalue weighted by atomic mass is 35.5. The summed E-state index contributed by atoms with van der Waals surface area (Å²) in [7, 11) is -2.73. The monoisotopic (exact) mass is 838 g/mol. The second kappa shape index (κ2) is 19.1. The number of rotatable bonds is 18. The van der Waals surface area contributed by atoms with Gasteiger partial charge >= 0.3 is 16.3 Å². The summed E-state index contributed by atoms with van der Waals surface area (Å²) in [5.74, 6) is 0.213. The minimum atomic E-state index is -4.21. The number of halogens is 1.